The van der Waals surface area contributed by atoms with E-state index >= 15 is 0 Å². The Hall–Kier alpha value is -2.74. The number of nitrogens with zero attached hydrogens (tertiary/aromatic N) is 3. The first-order valence-electron chi connectivity index (χ1n) is 7.95. The SMILES string of the molecule is C=CC.CC.CN(Cc1cccc(O)c1O)c1n[nH]c(N)n1.CNC. The van der Waals surface area contributed by atoms with Crippen LogP contribution < -0.4 is 16.0 Å². The van der Waals surface area contributed by atoms with Crippen LogP contribution in [0.4, 0.5) is 11.9 Å². The summed E-state index contributed by atoms with van der Waals surface area (Å²) in [5.41, 5.74) is 6.00. The molecule has 0 unspecified atom stereocenters. The van der Waals surface area contributed by atoms with Crippen LogP contribution in [-0.4, -0.2) is 46.5 Å². The smallest absolute Gasteiger partial charge is 0.246 e. The molecule has 1 aromatic heterocycles. The molecule has 25 heavy (non-hydrogen) atoms. The zero-order valence-corrected chi connectivity index (χ0v) is 16.0. The molecule has 0 saturated carbocycles. The Balaban J connectivity index is 0. The Kier molecular flexibility index (Phi) is 14.5. The summed E-state index contributed by atoms with van der Waals surface area (Å²) in [4.78, 5) is 5.65. The Morgan fingerprint density at radius 2 is 1.84 bits per heavy atom. The summed E-state index contributed by atoms with van der Waals surface area (Å²) in [7, 11) is 5.51. The van der Waals surface area contributed by atoms with Crippen LogP contribution in [0.15, 0.2) is 30.9 Å². The molecule has 0 aliphatic carbocycles. The molecule has 0 spiro atoms. The van der Waals surface area contributed by atoms with E-state index in [1.165, 1.54) is 6.07 Å². The minimum Gasteiger partial charge on any atom is -0.504 e. The monoisotopic (exact) mass is 352 g/mol. The molecule has 0 atom stereocenters. The molecule has 0 aliphatic rings. The number of hydrogen-bond donors (Lipinski definition) is 5. The predicted molar refractivity (Wildman–Crippen MR) is 105 cm³/mol. The van der Waals surface area contributed by atoms with E-state index in [0.717, 1.165) is 0 Å². The van der Waals surface area contributed by atoms with Gasteiger partial charge >= 0.3 is 0 Å². The number of benzene rings is 1. The molecule has 2 aromatic rings. The number of aromatic amines is 1. The van der Waals surface area contributed by atoms with Crippen molar-refractivity contribution in [1.29, 1.82) is 0 Å². The molecule has 1 heterocycles. The van der Waals surface area contributed by atoms with Crippen LogP contribution in [0.1, 0.15) is 26.3 Å². The quantitative estimate of drug-likeness (QED) is 0.425. The lowest BCUT2D eigenvalue weighted by Gasteiger charge is -2.15. The Morgan fingerprint density at radius 1 is 1.32 bits per heavy atom. The fraction of sp³-hybridized carbons (Fsp3) is 0.412. The molecule has 6 N–H and O–H groups in total. The van der Waals surface area contributed by atoms with Gasteiger partial charge in [0.15, 0.2) is 11.5 Å². The molecule has 0 radical (unpaired) electrons. The summed E-state index contributed by atoms with van der Waals surface area (Å²) in [6.07, 6.45) is 1.75. The van der Waals surface area contributed by atoms with Gasteiger partial charge < -0.3 is 26.2 Å². The van der Waals surface area contributed by atoms with Gasteiger partial charge in [0.1, 0.15) is 0 Å². The van der Waals surface area contributed by atoms with Gasteiger partial charge in [-0.2, -0.15) is 4.98 Å². The molecular weight excluding hydrogens is 320 g/mol. The van der Waals surface area contributed by atoms with E-state index < -0.39 is 0 Å². The van der Waals surface area contributed by atoms with Gasteiger partial charge in [-0.25, -0.2) is 5.10 Å². The second-order valence-electron chi connectivity index (χ2n) is 4.57. The van der Waals surface area contributed by atoms with Crippen LogP contribution in [0.25, 0.3) is 0 Å². The average molecular weight is 352 g/mol. The molecule has 2 rings (SSSR count). The number of rotatable bonds is 3. The van der Waals surface area contributed by atoms with Crippen LogP contribution in [0.3, 0.4) is 0 Å². The highest BCUT2D eigenvalue weighted by molar-refractivity contribution is 5.46. The fourth-order valence-electron chi connectivity index (χ4n) is 1.47. The maximum absolute atomic E-state index is 9.65. The number of phenolic OH excluding ortho intramolecular Hbond substituents is 2. The van der Waals surface area contributed by atoms with E-state index in [4.69, 9.17) is 5.73 Å². The molecule has 0 saturated heterocycles. The van der Waals surface area contributed by atoms with Gasteiger partial charge in [-0.1, -0.05) is 32.1 Å². The van der Waals surface area contributed by atoms with Gasteiger partial charge in [0.2, 0.25) is 11.9 Å². The third kappa shape index (κ3) is 9.87. The van der Waals surface area contributed by atoms with Crippen molar-refractivity contribution in [1.82, 2.24) is 20.5 Å². The van der Waals surface area contributed by atoms with Crippen molar-refractivity contribution in [3.05, 3.63) is 36.4 Å². The third-order valence-corrected chi connectivity index (χ3v) is 2.34. The minimum absolute atomic E-state index is 0.136. The number of phenols is 2. The van der Waals surface area contributed by atoms with E-state index in [1.807, 2.05) is 34.9 Å². The zero-order valence-electron chi connectivity index (χ0n) is 16.0. The molecule has 0 aliphatic heterocycles. The van der Waals surface area contributed by atoms with Crippen LogP contribution in [0.2, 0.25) is 0 Å². The predicted octanol–water partition coefficient (Wildman–Crippen LogP) is 2.49. The number of anilines is 2. The topological polar surface area (TPSA) is 123 Å². The molecule has 0 amide bonds. The van der Waals surface area contributed by atoms with E-state index in [9.17, 15) is 10.2 Å². The van der Waals surface area contributed by atoms with Crippen LogP contribution in [0, 0.1) is 0 Å². The maximum Gasteiger partial charge on any atom is 0.246 e. The maximum atomic E-state index is 9.65. The van der Waals surface area contributed by atoms with Crippen LogP contribution in [0.5, 0.6) is 11.5 Å². The van der Waals surface area contributed by atoms with Crippen molar-refractivity contribution in [2.75, 3.05) is 31.8 Å². The molecule has 8 heteroatoms. The highest BCUT2D eigenvalue weighted by Gasteiger charge is 2.11. The fourth-order valence-corrected chi connectivity index (χ4v) is 1.47. The van der Waals surface area contributed by atoms with E-state index in [1.54, 1.807) is 30.2 Å². The lowest BCUT2D eigenvalue weighted by Crippen LogP contribution is -2.17. The Labute approximate surface area is 150 Å². The number of aromatic hydroxyl groups is 2. The third-order valence-electron chi connectivity index (χ3n) is 2.34. The van der Waals surface area contributed by atoms with Gasteiger partial charge in [0.05, 0.1) is 0 Å². The molecule has 0 bridgehead atoms. The standard InChI is InChI=1S/C10H13N5O2.C3H6.C2H7N.C2H6/c1-15(10-12-9(11)13-14-10)5-6-3-2-4-7(16)8(6)17;2*1-3-2;1-2/h2-4,16-17H,5H2,1H3,(H3,11,12,13,14);3H,1H2,2H3;3H,1-2H3;1-2H3. The molecule has 1 aromatic carbocycles. The summed E-state index contributed by atoms with van der Waals surface area (Å²) in [5, 5.41) is 28.2. The average Bonchev–Trinajstić information content (AvgIpc) is 3.02. The summed E-state index contributed by atoms with van der Waals surface area (Å²) in [6, 6.07) is 4.79. The number of H-pyrrole nitrogens is 1. The van der Waals surface area contributed by atoms with Gasteiger partial charge in [0.25, 0.3) is 0 Å². The summed E-state index contributed by atoms with van der Waals surface area (Å²) >= 11 is 0. The van der Waals surface area contributed by atoms with Crippen molar-refractivity contribution in [3.63, 3.8) is 0 Å². The lowest BCUT2D eigenvalue weighted by atomic mass is 10.2. The van der Waals surface area contributed by atoms with Gasteiger partial charge in [0, 0.05) is 19.2 Å². The van der Waals surface area contributed by atoms with Gasteiger partial charge in [-0.15, -0.1) is 11.7 Å². The van der Waals surface area contributed by atoms with Crippen LogP contribution in [-0.2, 0) is 6.54 Å². The molecular formula is C17H32N6O2. The number of nitrogens with one attached hydrogen (secondary N) is 2. The van der Waals surface area contributed by atoms with Gasteiger partial charge in [-0.3, -0.25) is 0 Å². The van der Waals surface area contributed by atoms with E-state index in [-0.39, 0.29) is 17.4 Å². The molecule has 142 valence electrons. The number of nitrogens with two attached hydrogens (primary N) is 1. The van der Waals surface area contributed by atoms with Crippen LogP contribution >= 0.6 is 0 Å². The van der Waals surface area contributed by atoms with Crippen molar-refractivity contribution < 1.29 is 10.2 Å². The summed E-state index contributed by atoms with van der Waals surface area (Å²) in [5.74, 6) is 0.366. The molecule has 0 fully saturated rings. The normalized spacial score (nSPS) is 8.56. The Morgan fingerprint density at radius 3 is 2.28 bits per heavy atom. The summed E-state index contributed by atoms with van der Waals surface area (Å²) < 4.78 is 0. The Bertz CT molecular complexity index is 586. The second-order valence-corrected chi connectivity index (χ2v) is 4.57. The first kappa shape index (κ1) is 24.5. The lowest BCUT2D eigenvalue weighted by molar-refractivity contribution is 0.399. The number of nitrogen functional groups attached to an aromatic ring is 1. The van der Waals surface area contributed by atoms with E-state index in [2.05, 4.69) is 27.1 Å². The first-order valence-corrected chi connectivity index (χ1v) is 7.95. The zero-order chi connectivity index (χ0) is 19.8. The number of para-hydroxylation sites is 1. The van der Waals surface area contributed by atoms with Crippen molar-refractivity contribution >= 4 is 11.9 Å². The highest BCUT2D eigenvalue weighted by atomic mass is 16.3. The number of aromatic nitrogens is 3. The molecule has 8 nitrogen and oxygen atoms in total. The largest absolute Gasteiger partial charge is 0.504 e. The second kappa shape index (κ2) is 14.8. The van der Waals surface area contributed by atoms with Gasteiger partial charge in [-0.05, 0) is 27.1 Å². The summed E-state index contributed by atoms with van der Waals surface area (Å²) in [6.45, 7) is 9.61. The van der Waals surface area contributed by atoms with E-state index in [0.29, 0.717) is 18.1 Å². The van der Waals surface area contributed by atoms with Crippen molar-refractivity contribution in [2.24, 2.45) is 0 Å². The first-order chi connectivity index (χ1) is 11.9. The number of allylic oxidation sites excluding steroid dienone is 1. The highest BCUT2D eigenvalue weighted by Crippen LogP contribution is 2.29. The minimum atomic E-state index is -0.148. The number of hydrogen-bond acceptors (Lipinski definition) is 7. The van der Waals surface area contributed by atoms with Crippen molar-refractivity contribution in [3.8, 4) is 11.5 Å². The van der Waals surface area contributed by atoms with Crippen molar-refractivity contribution in [2.45, 2.75) is 27.3 Å².